The van der Waals surface area contributed by atoms with Crippen LogP contribution in [0.2, 0.25) is 0 Å². The first-order chi connectivity index (χ1) is 11.2. The van der Waals surface area contributed by atoms with Gasteiger partial charge in [0, 0.05) is 36.2 Å². The maximum atomic E-state index is 5.99. The maximum absolute atomic E-state index is 5.99. The lowest BCUT2D eigenvalue weighted by Gasteiger charge is -2.18. The molecule has 1 aliphatic rings. The molecule has 23 heavy (non-hydrogen) atoms. The molecule has 0 amide bonds. The van der Waals surface area contributed by atoms with Crippen molar-refractivity contribution in [2.24, 2.45) is 0 Å². The molecule has 1 aromatic heterocycles. The van der Waals surface area contributed by atoms with Crippen molar-refractivity contribution in [2.75, 3.05) is 29.0 Å². The van der Waals surface area contributed by atoms with Crippen molar-refractivity contribution in [1.82, 2.24) is 9.97 Å². The summed E-state index contributed by atoms with van der Waals surface area (Å²) in [6.07, 6.45) is 4.52. The molecule has 5 heteroatoms. The maximum Gasteiger partial charge on any atom is 0.229 e. The van der Waals surface area contributed by atoms with E-state index in [-0.39, 0.29) is 0 Å². The molecular formula is C18H25N5. The van der Waals surface area contributed by atoms with Crippen LogP contribution in [-0.4, -0.2) is 23.1 Å². The van der Waals surface area contributed by atoms with E-state index < -0.39 is 0 Å². The minimum Gasteiger partial charge on any atom is -0.398 e. The van der Waals surface area contributed by atoms with Crippen LogP contribution in [0.3, 0.4) is 0 Å². The highest BCUT2D eigenvalue weighted by Crippen LogP contribution is 2.24. The van der Waals surface area contributed by atoms with Gasteiger partial charge in [0.05, 0.1) is 0 Å². The highest BCUT2D eigenvalue weighted by Gasteiger charge is 2.16. The number of aromatic nitrogens is 2. The van der Waals surface area contributed by atoms with Gasteiger partial charge in [0.2, 0.25) is 5.95 Å². The molecule has 0 spiro atoms. The van der Waals surface area contributed by atoms with Crippen LogP contribution in [0.5, 0.6) is 0 Å². The molecule has 0 unspecified atom stereocenters. The molecule has 2 heterocycles. The first-order valence-electron chi connectivity index (χ1n) is 8.42. The quantitative estimate of drug-likeness (QED) is 0.825. The fourth-order valence-corrected chi connectivity index (χ4v) is 2.88. The Kier molecular flexibility index (Phi) is 4.65. The summed E-state index contributed by atoms with van der Waals surface area (Å²) in [5.74, 6) is 1.68. The summed E-state index contributed by atoms with van der Waals surface area (Å²) in [7, 11) is 0. The van der Waals surface area contributed by atoms with Gasteiger partial charge in [-0.25, -0.2) is 4.98 Å². The van der Waals surface area contributed by atoms with Crippen LogP contribution >= 0.6 is 0 Å². The minimum absolute atomic E-state index is 0.654. The van der Waals surface area contributed by atoms with Crippen LogP contribution < -0.4 is 16.0 Å². The Balaban J connectivity index is 1.88. The third-order valence-corrected chi connectivity index (χ3v) is 4.24. The number of aryl methyl sites for hydroxylation is 2. The van der Waals surface area contributed by atoms with Crippen LogP contribution in [-0.2, 0) is 6.42 Å². The van der Waals surface area contributed by atoms with E-state index in [0.717, 1.165) is 54.4 Å². The molecule has 0 radical (unpaired) electrons. The second-order valence-electron chi connectivity index (χ2n) is 6.18. The topological polar surface area (TPSA) is 67.1 Å². The summed E-state index contributed by atoms with van der Waals surface area (Å²) in [5, 5.41) is 3.31. The molecule has 0 atom stereocenters. The predicted molar refractivity (Wildman–Crippen MR) is 96.3 cm³/mol. The molecule has 122 valence electrons. The van der Waals surface area contributed by atoms with Crippen LogP contribution in [0.1, 0.15) is 37.4 Å². The van der Waals surface area contributed by atoms with Crippen molar-refractivity contribution in [1.29, 1.82) is 0 Å². The predicted octanol–water partition coefficient (Wildman–Crippen LogP) is 3.66. The zero-order chi connectivity index (χ0) is 16.2. The highest BCUT2D eigenvalue weighted by molar-refractivity contribution is 5.63. The average Bonchev–Trinajstić information content (AvgIpc) is 3.06. The monoisotopic (exact) mass is 311 g/mol. The molecule has 0 bridgehead atoms. The van der Waals surface area contributed by atoms with Gasteiger partial charge in [-0.05, 0) is 43.9 Å². The highest BCUT2D eigenvalue weighted by atomic mass is 15.2. The molecular weight excluding hydrogens is 286 g/mol. The fraction of sp³-hybridized carbons (Fsp3) is 0.444. The van der Waals surface area contributed by atoms with E-state index in [0.29, 0.717) is 5.95 Å². The van der Waals surface area contributed by atoms with Gasteiger partial charge in [0.25, 0.3) is 0 Å². The molecule has 1 aliphatic heterocycles. The molecule has 2 aromatic rings. The van der Waals surface area contributed by atoms with Gasteiger partial charge in [0.15, 0.2) is 0 Å². The van der Waals surface area contributed by atoms with E-state index in [1.54, 1.807) is 0 Å². The van der Waals surface area contributed by atoms with Crippen LogP contribution in [0.25, 0.3) is 0 Å². The summed E-state index contributed by atoms with van der Waals surface area (Å²) in [4.78, 5) is 11.7. The molecule has 1 aromatic carbocycles. The number of nitrogens with zero attached hydrogens (tertiary/aromatic N) is 3. The van der Waals surface area contributed by atoms with E-state index in [9.17, 15) is 0 Å². The third-order valence-electron chi connectivity index (χ3n) is 4.24. The van der Waals surface area contributed by atoms with Crippen LogP contribution in [0.15, 0.2) is 24.3 Å². The number of nitrogens with two attached hydrogens (primary N) is 1. The molecule has 3 N–H and O–H groups in total. The Bertz CT molecular complexity index is 677. The van der Waals surface area contributed by atoms with E-state index in [1.165, 1.54) is 12.8 Å². The van der Waals surface area contributed by atoms with E-state index >= 15 is 0 Å². The standard InChI is InChI=1S/C18H25N5/c1-3-6-14-12-17(23-9-4-5-10-23)22-18(20-14)21-15-8-7-13(2)16(19)11-15/h7-8,11-12H,3-6,9-10,19H2,1-2H3,(H,20,21,22). The Hall–Kier alpha value is -2.30. The summed E-state index contributed by atoms with van der Waals surface area (Å²) in [6, 6.07) is 8.08. The lowest BCUT2D eigenvalue weighted by molar-refractivity contribution is 0.859. The van der Waals surface area contributed by atoms with Crippen LogP contribution in [0, 0.1) is 6.92 Å². The first kappa shape index (κ1) is 15.6. The van der Waals surface area contributed by atoms with Crippen molar-refractivity contribution in [2.45, 2.75) is 39.5 Å². The van der Waals surface area contributed by atoms with Crippen molar-refractivity contribution < 1.29 is 0 Å². The number of anilines is 4. The van der Waals surface area contributed by atoms with E-state index in [1.807, 2.05) is 25.1 Å². The fourth-order valence-electron chi connectivity index (χ4n) is 2.88. The number of benzene rings is 1. The Morgan fingerprint density at radius 3 is 2.65 bits per heavy atom. The van der Waals surface area contributed by atoms with Gasteiger partial charge >= 0.3 is 0 Å². The van der Waals surface area contributed by atoms with E-state index in [2.05, 4.69) is 28.2 Å². The molecule has 0 saturated carbocycles. The van der Waals surface area contributed by atoms with Gasteiger partial charge in [-0.15, -0.1) is 0 Å². The number of hydrogen-bond acceptors (Lipinski definition) is 5. The molecule has 0 aliphatic carbocycles. The largest absolute Gasteiger partial charge is 0.398 e. The summed E-state index contributed by atoms with van der Waals surface area (Å²) in [6.45, 7) is 6.34. The zero-order valence-electron chi connectivity index (χ0n) is 14.0. The van der Waals surface area contributed by atoms with Crippen molar-refractivity contribution in [3.63, 3.8) is 0 Å². The van der Waals surface area contributed by atoms with Crippen molar-refractivity contribution in [3.05, 3.63) is 35.5 Å². The Morgan fingerprint density at radius 2 is 1.96 bits per heavy atom. The first-order valence-corrected chi connectivity index (χ1v) is 8.42. The number of rotatable bonds is 5. The zero-order valence-corrected chi connectivity index (χ0v) is 14.0. The average molecular weight is 311 g/mol. The summed E-state index contributed by atoms with van der Waals surface area (Å²) in [5.41, 5.74) is 9.86. The molecule has 3 rings (SSSR count). The van der Waals surface area contributed by atoms with Crippen molar-refractivity contribution >= 4 is 23.1 Å². The van der Waals surface area contributed by atoms with E-state index in [4.69, 9.17) is 10.7 Å². The second kappa shape index (κ2) is 6.86. The minimum atomic E-state index is 0.654. The third kappa shape index (κ3) is 3.73. The SMILES string of the molecule is CCCc1cc(N2CCCC2)nc(Nc2ccc(C)c(N)c2)n1. The number of nitrogen functional groups attached to an aromatic ring is 1. The van der Waals surface area contributed by atoms with Gasteiger partial charge < -0.3 is 16.0 Å². The molecule has 1 fully saturated rings. The summed E-state index contributed by atoms with van der Waals surface area (Å²) < 4.78 is 0. The lowest BCUT2D eigenvalue weighted by Crippen LogP contribution is -2.20. The normalized spacial score (nSPS) is 14.3. The van der Waals surface area contributed by atoms with Gasteiger partial charge in [0.1, 0.15) is 5.82 Å². The molecule has 5 nitrogen and oxygen atoms in total. The van der Waals surface area contributed by atoms with Gasteiger partial charge in [-0.1, -0.05) is 19.4 Å². The Morgan fingerprint density at radius 1 is 1.17 bits per heavy atom. The smallest absolute Gasteiger partial charge is 0.229 e. The number of hydrogen-bond donors (Lipinski definition) is 2. The molecule has 1 saturated heterocycles. The van der Waals surface area contributed by atoms with Crippen molar-refractivity contribution in [3.8, 4) is 0 Å². The van der Waals surface area contributed by atoms with Gasteiger partial charge in [-0.2, -0.15) is 4.98 Å². The number of nitrogens with one attached hydrogen (secondary N) is 1. The summed E-state index contributed by atoms with van der Waals surface area (Å²) >= 11 is 0. The lowest BCUT2D eigenvalue weighted by atomic mass is 10.2. The van der Waals surface area contributed by atoms with Gasteiger partial charge in [-0.3, -0.25) is 0 Å². The second-order valence-corrected chi connectivity index (χ2v) is 6.18. The Labute approximate surface area is 137 Å². The van der Waals surface area contributed by atoms with Crippen LogP contribution in [0.4, 0.5) is 23.1 Å².